The molecule has 2 aromatic rings. The van der Waals surface area contributed by atoms with Gasteiger partial charge in [-0.1, -0.05) is 18.2 Å². The number of benzene rings is 2. The molecule has 1 aliphatic heterocycles. The molecule has 27 heavy (non-hydrogen) atoms. The van der Waals surface area contributed by atoms with E-state index in [4.69, 9.17) is 21.7 Å². The second-order valence-electron chi connectivity index (χ2n) is 6.78. The average molecular weight is 389 g/mol. The minimum absolute atomic E-state index is 0.137. The average Bonchev–Trinajstić information content (AvgIpc) is 3.15. The summed E-state index contributed by atoms with van der Waals surface area (Å²) in [4.78, 5) is 2.03. The Balaban J connectivity index is 1.77. The highest BCUT2D eigenvalue weighted by Gasteiger charge is 2.22. The van der Waals surface area contributed by atoms with Gasteiger partial charge in [0.1, 0.15) is 11.6 Å². The third kappa shape index (κ3) is 5.40. The van der Waals surface area contributed by atoms with E-state index in [2.05, 4.69) is 5.32 Å². The van der Waals surface area contributed by atoms with Crippen LogP contribution in [0.2, 0.25) is 0 Å². The lowest BCUT2D eigenvalue weighted by Gasteiger charge is -2.29. The Morgan fingerprint density at radius 3 is 2.89 bits per heavy atom. The van der Waals surface area contributed by atoms with Gasteiger partial charge in [0.05, 0.1) is 18.9 Å². The van der Waals surface area contributed by atoms with Crippen LogP contribution in [0.15, 0.2) is 42.5 Å². The Kier molecular flexibility index (Phi) is 6.63. The van der Waals surface area contributed by atoms with Gasteiger partial charge in [-0.05, 0) is 67.4 Å². The lowest BCUT2D eigenvalue weighted by atomic mass is 10.2. The second-order valence-corrected chi connectivity index (χ2v) is 7.17. The van der Waals surface area contributed by atoms with E-state index >= 15 is 0 Å². The van der Waals surface area contributed by atoms with Gasteiger partial charge in [-0.3, -0.25) is 0 Å². The third-order valence-electron chi connectivity index (χ3n) is 4.60. The van der Waals surface area contributed by atoms with Gasteiger partial charge in [0, 0.05) is 19.7 Å². The van der Waals surface area contributed by atoms with E-state index in [1.165, 1.54) is 12.1 Å². The fraction of sp³-hybridized carbons (Fsp3) is 0.381. The fourth-order valence-corrected chi connectivity index (χ4v) is 3.45. The Bertz CT molecular complexity index is 794. The Labute approximate surface area is 165 Å². The van der Waals surface area contributed by atoms with Crippen LogP contribution in [0.1, 0.15) is 24.0 Å². The van der Waals surface area contributed by atoms with Crippen molar-refractivity contribution in [3.63, 3.8) is 0 Å². The molecular formula is C21H25FN2O2S. The highest BCUT2D eigenvalue weighted by atomic mass is 32.1. The van der Waals surface area contributed by atoms with Crippen molar-refractivity contribution < 1.29 is 13.9 Å². The molecular weight excluding hydrogens is 363 g/mol. The highest BCUT2D eigenvalue weighted by Crippen LogP contribution is 2.26. The molecule has 2 aromatic carbocycles. The maximum absolute atomic E-state index is 13.6. The van der Waals surface area contributed by atoms with Crippen LogP contribution in [0.5, 0.6) is 5.75 Å². The summed E-state index contributed by atoms with van der Waals surface area (Å²) in [7, 11) is 1.64. The van der Waals surface area contributed by atoms with Gasteiger partial charge in [0.15, 0.2) is 5.11 Å². The van der Waals surface area contributed by atoms with Crippen LogP contribution in [0.4, 0.5) is 10.1 Å². The molecule has 1 N–H and O–H groups in total. The van der Waals surface area contributed by atoms with Crippen LogP contribution in [0.25, 0.3) is 0 Å². The zero-order chi connectivity index (χ0) is 19.2. The lowest BCUT2D eigenvalue weighted by molar-refractivity contribution is 0.0905. The fourth-order valence-electron chi connectivity index (χ4n) is 3.21. The van der Waals surface area contributed by atoms with Crippen molar-refractivity contribution in [1.82, 2.24) is 4.90 Å². The monoisotopic (exact) mass is 388 g/mol. The maximum Gasteiger partial charge on any atom is 0.173 e. The zero-order valence-corrected chi connectivity index (χ0v) is 16.5. The lowest BCUT2D eigenvalue weighted by Crippen LogP contribution is -2.39. The number of ether oxygens (including phenoxy) is 2. The van der Waals surface area contributed by atoms with Gasteiger partial charge in [-0.15, -0.1) is 0 Å². The van der Waals surface area contributed by atoms with Crippen molar-refractivity contribution in [2.75, 3.05) is 25.6 Å². The minimum atomic E-state index is -0.247. The first-order valence-electron chi connectivity index (χ1n) is 9.12. The predicted molar refractivity (Wildman–Crippen MR) is 110 cm³/mol. The molecule has 1 unspecified atom stereocenters. The highest BCUT2D eigenvalue weighted by molar-refractivity contribution is 7.80. The van der Waals surface area contributed by atoms with E-state index in [-0.39, 0.29) is 11.9 Å². The SMILES string of the molecule is COc1cc(C)ccc1NC(=S)N(Cc1cccc(F)c1)CC1CCCO1. The van der Waals surface area contributed by atoms with Crippen LogP contribution in [-0.2, 0) is 11.3 Å². The molecule has 3 rings (SSSR count). The van der Waals surface area contributed by atoms with Crippen molar-refractivity contribution in [2.24, 2.45) is 0 Å². The van der Waals surface area contributed by atoms with Crippen molar-refractivity contribution >= 4 is 23.0 Å². The molecule has 144 valence electrons. The molecule has 1 heterocycles. The molecule has 1 atom stereocenters. The van der Waals surface area contributed by atoms with Gasteiger partial charge < -0.3 is 19.7 Å². The largest absolute Gasteiger partial charge is 0.495 e. The molecule has 1 aliphatic rings. The molecule has 0 spiro atoms. The van der Waals surface area contributed by atoms with E-state index < -0.39 is 0 Å². The summed E-state index contributed by atoms with van der Waals surface area (Å²) >= 11 is 5.67. The van der Waals surface area contributed by atoms with E-state index in [9.17, 15) is 4.39 Å². The minimum Gasteiger partial charge on any atom is -0.495 e. The van der Waals surface area contributed by atoms with Crippen molar-refractivity contribution in [2.45, 2.75) is 32.4 Å². The first-order chi connectivity index (χ1) is 13.0. The molecule has 1 fully saturated rings. The summed E-state index contributed by atoms with van der Waals surface area (Å²) in [6.07, 6.45) is 2.21. The zero-order valence-electron chi connectivity index (χ0n) is 15.7. The number of rotatable bonds is 6. The second kappa shape index (κ2) is 9.15. The molecule has 0 bridgehead atoms. The molecule has 0 radical (unpaired) electrons. The predicted octanol–water partition coefficient (Wildman–Crippen LogP) is 4.52. The number of thiocarbonyl (C=S) groups is 1. The number of aryl methyl sites for hydroxylation is 1. The number of hydrogen-bond acceptors (Lipinski definition) is 3. The normalized spacial score (nSPS) is 16.2. The molecule has 1 saturated heterocycles. The number of nitrogens with one attached hydrogen (secondary N) is 1. The van der Waals surface area contributed by atoms with E-state index in [0.29, 0.717) is 18.2 Å². The Morgan fingerprint density at radius 2 is 2.19 bits per heavy atom. The molecule has 0 aliphatic carbocycles. The summed E-state index contributed by atoms with van der Waals surface area (Å²) in [5, 5.41) is 3.85. The smallest absolute Gasteiger partial charge is 0.173 e. The van der Waals surface area contributed by atoms with Crippen LogP contribution >= 0.6 is 12.2 Å². The third-order valence-corrected chi connectivity index (χ3v) is 4.96. The summed E-state index contributed by atoms with van der Waals surface area (Å²) in [6.45, 7) is 3.97. The molecule has 4 nitrogen and oxygen atoms in total. The summed E-state index contributed by atoms with van der Waals surface area (Å²) in [5.41, 5.74) is 2.79. The summed E-state index contributed by atoms with van der Waals surface area (Å²) in [6, 6.07) is 12.5. The van der Waals surface area contributed by atoms with Crippen LogP contribution in [0, 0.1) is 12.7 Å². The van der Waals surface area contributed by atoms with Crippen molar-refractivity contribution in [3.05, 3.63) is 59.4 Å². The summed E-state index contributed by atoms with van der Waals surface area (Å²) < 4.78 is 24.8. The van der Waals surface area contributed by atoms with Crippen molar-refractivity contribution in [1.29, 1.82) is 0 Å². The number of nitrogens with zero attached hydrogens (tertiary/aromatic N) is 1. The molecule has 0 saturated carbocycles. The van der Waals surface area contributed by atoms with E-state index in [1.54, 1.807) is 13.2 Å². The number of halogens is 1. The van der Waals surface area contributed by atoms with Crippen LogP contribution in [0.3, 0.4) is 0 Å². The van der Waals surface area contributed by atoms with Gasteiger partial charge in [0.25, 0.3) is 0 Å². The molecule has 0 amide bonds. The van der Waals surface area contributed by atoms with Crippen LogP contribution < -0.4 is 10.1 Å². The molecule has 6 heteroatoms. The number of hydrogen-bond donors (Lipinski definition) is 1. The van der Waals surface area contributed by atoms with E-state index in [0.717, 1.165) is 42.0 Å². The van der Waals surface area contributed by atoms with Gasteiger partial charge in [-0.2, -0.15) is 0 Å². The number of methoxy groups -OCH3 is 1. The topological polar surface area (TPSA) is 33.7 Å². The van der Waals surface area contributed by atoms with Crippen molar-refractivity contribution in [3.8, 4) is 5.75 Å². The standard InChI is InChI=1S/C21H25FN2O2S/c1-15-8-9-19(20(11-15)25-2)23-21(27)24(14-18-7-4-10-26-18)13-16-5-3-6-17(22)12-16/h3,5-6,8-9,11-12,18H,4,7,10,13-14H2,1-2H3,(H,23,27). The summed E-state index contributed by atoms with van der Waals surface area (Å²) in [5.74, 6) is 0.490. The van der Waals surface area contributed by atoms with Crippen LogP contribution in [-0.4, -0.2) is 36.4 Å². The quantitative estimate of drug-likeness (QED) is 0.736. The number of anilines is 1. The van der Waals surface area contributed by atoms with Gasteiger partial charge >= 0.3 is 0 Å². The first kappa shape index (κ1) is 19.6. The first-order valence-corrected chi connectivity index (χ1v) is 9.52. The molecule has 0 aromatic heterocycles. The van der Waals surface area contributed by atoms with Gasteiger partial charge in [0.2, 0.25) is 0 Å². The van der Waals surface area contributed by atoms with E-state index in [1.807, 2.05) is 36.1 Å². The Morgan fingerprint density at radius 1 is 1.33 bits per heavy atom. The Hall–Kier alpha value is -2.18. The maximum atomic E-state index is 13.6. The van der Waals surface area contributed by atoms with Gasteiger partial charge in [-0.25, -0.2) is 4.39 Å².